The average Bonchev–Trinajstić information content (AvgIpc) is 2.80. The van der Waals surface area contributed by atoms with Gasteiger partial charge in [-0.15, -0.1) is 24.0 Å². The fraction of sp³-hybridized carbons (Fsp3) is 0.375. The Kier molecular flexibility index (Phi) is 7.81. The number of nitro groups is 1. The summed E-state index contributed by atoms with van der Waals surface area (Å²) in [6, 6.07) is 6.66. The highest BCUT2D eigenvalue weighted by Gasteiger charge is 2.13. The molecule has 0 bridgehead atoms. The number of halogens is 1. The molecule has 25 heavy (non-hydrogen) atoms. The van der Waals surface area contributed by atoms with E-state index in [2.05, 4.69) is 20.7 Å². The molecule has 0 atom stereocenters. The lowest BCUT2D eigenvalue weighted by molar-refractivity contribution is -0.385. The molecule has 0 radical (unpaired) electrons. The largest absolute Gasteiger partial charge is 0.352 e. The maximum Gasteiger partial charge on any atom is 0.274 e. The van der Waals surface area contributed by atoms with Crippen LogP contribution in [0.15, 0.2) is 29.3 Å². The van der Waals surface area contributed by atoms with Crippen LogP contribution in [-0.2, 0) is 20.1 Å². The summed E-state index contributed by atoms with van der Waals surface area (Å²) in [7, 11) is 3.57. The molecule has 136 valence electrons. The Morgan fingerprint density at radius 2 is 1.92 bits per heavy atom. The smallest absolute Gasteiger partial charge is 0.274 e. The highest BCUT2D eigenvalue weighted by Crippen LogP contribution is 2.17. The van der Waals surface area contributed by atoms with Gasteiger partial charge >= 0.3 is 0 Å². The van der Waals surface area contributed by atoms with Crippen LogP contribution >= 0.6 is 24.0 Å². The Morgan fingerprint density at radius 3 is 2.48 bits per heavy atom. The first kappa shape index (κ1) is 20.9. The third kappa shape index (κ3) is 5.15. The number of nitrogens with one attached hydrogen (secondary N) is 2. The highest BCUT2D eigenvalue weighted by atomic mass is 127. The SMILES string of the molecule is CN=C(NCc1ccccc1[N+](=O)[O-])NCc1c(C)nn(C)c1C.I. The van der Waals surface area contributed by atoms with Crippen molar-refractivity contribution in [3.05, 3.63) is 56.9 Å². The number of hydrogen-bond acceptors (Lipinski definition) is 4. The van der Waals surface area contributed by atoms with Gasteiger partial charge in [-0.05, 0) is 13.8 Å². The number of nitro benzene ring substituents is 1. The monoisotopic (exact) mass is 458 g/mol. The van der Waals surface area contributed by atoms with Crippen LogP contribution in [0.4, 0.5) is 5.69 Å². The van der Waals surface area contributed by atoms with Gasteiger partial charge in [0.25, 0.3) is 5.69 Å². The highest BCUT2D eigenvalue weighted by molar-refractivity contribution is 14.0. The first-order valence-electron chi connectivity index (χ1n) is 7.60. The number of guanidine groups is 1. The summed E-state index contributed by atoms with van der Waals surface area (Å²) >= 11 is 0. The van der Waals surface area contributed by atoms with Crippen LogP contribution < -0.4 is 10.6 Å². The number of aliphatic imine (C=N–C) groups is 1. The van der Waals surface area contributed by atoms with Gasteiger partial charge < -0.3 is 10.6 Å². The molecule has 1 aromatic carbocycles. The van der Waals surface area contributed by atoms with Crippen LogP contribution in [0.2, 0.25) is 0 Å². The molecule has 0 aliphatic carbocycles. The van der Waals surface area contributed by atoms with Gasteiger partial charge in [-0.1, -0.05) is 18.2 Å². The molecule has 0 saturated carbocycles. The van der Waals surface area contributed by atoms with Crippen LogP contribution in [-0.4, -0.2) is 27.7 Å². The quantitative estimate of drug-likeness (QED) is 0.236. The third-order valence-corrected chi connectivity index (χ3v) is 3.95. The fourth-order valence-corrected chi connectivity index (χ4v) is 2.48. The summed E-state index contributed by atoms with van der Waals surface area (Å²) in [5, 5.41) is 21.7. The summed E-state index contributed by atoms with van der Waals surface area (Å²) in [5.74, 6) is 0.579. The van der Waals surface area contributed by atoms with Crippen molar-refractivity contribution in [1.82, 2.24) is 20.4 Å². The maximum atomic E-state index is 11.0. The second-order valence-electron chi connectivity index (χ2n) is 5.44. The van der Waals surface area contributed by atoms with Crippen LogP contribution in [0.3, 0.4) is 0 Å². The first-order valence-corrected chi connectivity index (χ1v) is 7.60. The minimum atomic E-state index is -0.379. The van der Waals surface area contributed by atoms with Crippen molar-refractivity contribution in [2.45, 2.75) is 26.9 Å². The Morgan fingerprint density at radius 1 is 1.28 bits per heavy atom. The summed E-state index contributed by atoms with van der Waals surface area (Å²) in [6.45, 7) is 4.89. The van der Waals surface area contributed by atoms with Crippen molar-refractivity contribution < 1.29 is 4.92 Å². The van der Waals surface area contributed by atoms with Gasteiger partial charge in [-0.2, -0.15) is 5.10 Å². The van der Waals surface area contributed by atoms with Crippen molar-refractivity contribution in [3.63, 3.8) is 0 Å². The van der Waals surface area contributed by atoms with Crippen molar-refractivity contribution in [2.24, 2.45) is 12.0 Å². The minimum Gasteiger partial charge on any atom is -0.352 e. The van der Waals surface area contributed by atoms with Crippen LogP contribution in [0.25, 0.3) is 0 Å². The molecular weight excluding hydrogens is 435 g/mol. The summed E-state index contributed by atoms with van der Waals surface area (Å²) in [5.41, 5.74) is 3.88. The Bertz CT molecular complexity index is 772. The van der Waals surface area contributed by atoms with Gasteiger partial charge in [0.15, 0.2) is 5.96 Å². The molecule has 8 nitrogen and oxygen atoms in total. The van der Waals surface area contributed by atoms with E-state index in [-0.39, 0.29) is 34.6 Å². The van der Waals surface area contributed by atoms with Gasteiger partial charge in [0.1, 0.15) is 0 Å². The molecule has 0 amide bonds. The molecular formula is C16H23IN6O2. The number of aryl methyl sites for hydroxylation is 2. The molecule has 0 fully saturated rings. The summed E-state index contributed by atoms with van der Waals surface area (Å²) < 4.78 is 1.84. The first-order chi connectivity index (χ1) is 11.4. The van der Waals surface area contributed by atoms with E-state index >= 15 is 0 Å². The van der Waals surface area contributed by atoms with Crippen molar-refractivity contribution >= 4 is 35.6 Å². The van der Waals surface area contributed by atoms with Crippen LogP contribution in [0.5, 0.6) is 0 Å². The third-order valence-electron chi connectivity index (χ3n) is 3.95. The topological polar surface area (TPSA) is 97.4 Å². The van der Waals surface area contributed by atoms with Gasteiger partial charge in [0.2, 0.25) is 0 Å². The number of nitrogens with zero attached hydrogens (tertiary/aromatic N) is 4. The van der Waals surface area contributed by atoms with Crippen molar-refractivity contribution in [3.8, 4) is 0 Å². The van der Waals surface area contributed by atoms with E-state index in [0.717, 1.165) is 17.0 Å². The maximum absolute atomic E-state index is 11.0. The van der Waals surface area contributed by atoms with E-state index in [9.17, 15) is 10.1 Å². The number of benzene rings is 1. The van der Waals surface area contributed by atoms with E-state index in [1.165, 1.54) is 6.07 Å². The second kappa shape index (κ2) is 9.35. The van der Waals surface area contributed by atoms with Crippen LogP contribution in [0, 0.1) is 24.0 Å². The Balaban J connectivity index is 0.00000312. The molecule has 2 rings (SSSR count). The van der Waals surface area contributed by atoms with E-state index in [0.29, 0.717) is 24.6 Å². The molecule has 9 heteroatoms. The summed E-state index contributed by atoms with van der Waals surface area (Å²) in [6.07, 6.45) is 0. The molecule has 1 aromatic heterocycles. The standard InChI is InChI=1S/C16H22N6O2.HI/c1-11-14(12(2)21(4)20-11)10-19-16(17-3)18-9-13-7-5-6-8-15(13)22(23)24;/h5-8H,9-10H2,1-4H3,(H2,17,18,19);1H. The van der Waals surface area contributed by atoms with Crippen LogP contribution in [0.1, 0.15) is 22.5 Å². The normalized spacial score (nSPS) is 11.0. The van der Waals surface area contributed by atoms with E-state index in [1.54, 1.807) is 25.2 Å². The predicted octanol–water partition coefficient (Wildman–Crippen LogP) is 2.43. The molecule has 2 N–H and O–H groups in total. The predicted molar refractivity (Wildman–Crippen MR) is 108 cm³/mol. The van der Waals surface area contributed by atoms with E-state index < -0.39 is 0 Å². The van der Waals surface area contributed by atoms with Gasteiger partial charge in [0, 0.05) is 50.1 Å². The van der Waals surface area contributed by atoms with Gasteiger partial charge in [0.05, 0.1) is 10.6 Å². The zero-order valence-corrected chi connectivity index (χ0v) is 17.1. The number of hydrogen-bond donors (Lipinski definition) is 2. The zero-order valence-electron chi connectivity index (χ0n) is 14.7. The summed E-state index contributed by atoms with van der Waals surface area (Å²) in [4.78, 5) is 14.8. The Labute approximate surface area is 163 Å². The number of aromatic nitrogens is 2. The lowest BCUT2D eigenvalue weighted by Gasteiger charge is -2.12. The van der Waals surface area contributed by atoms with E-state index in [4.69, 9.17) is 0 Å². The number of para-hydroxylation sites is 1. The van der Waals surface area contributed by atoms with Gasteiger partial charge in [-0.3, -0.25) is 19.8 Å². The molecule has 2 aromatic rings. The van der Waals surface area contributed by atoms with Crippen molar-refractivity contribution in [1.29, 1.82) is 0 Å². The van der Waals surface area contributed by atoms with Gasteiger partial charge in [-0.25, -0.2) is 0 Å². The second-order valence-corrected chi connectivity index (χ2v) is 5.44. The molecule has 0 aliphatic rings. The molecule has 0 saturated heterocycles. The number of rotatable bonds is 5. The lowest BCUT2D eigenvalue weighted by Crippen LogP contribution is -2.36. The minimum absolute atomic E-state index is 0. The molecule has 1 heterocycles. The zero-order chi connectivity index (χ0) is 17.7. The average molecular weight is 458 g/mol. The molecule has 0 spiro atoms. The fourth-order valence-electron chi connectivity index (χ4n) is 2.48. The van der Waals surface area contributed by atoms with E-state index in [1.807, 2.05) is 25.6 Å². The Hall–Kier alpha value is -2.17. The molecule has 0 aliphatic heterocycles. The van der Waals surface area contributed by atoms with Crippen molar-refractivity contribution in [2.75, 3.05) is 7.05 Å². The lowest BCUT2D eigenvalue weighted by atomic mass is 10.2. The molecule has 0 unspecified atom stereocenters.